The molecule has 0 bridgehead atoms. The summed E-state index contributed by atoms with van der Waals surface area (Å²) in [4.78, 5) is 10.1. The number of aliphatic hydroxyl groups excluding tert-OH is 1. The van der Waals surface area contributed by atoms with Crippen molar-refractivity contribution in [3.05, 3.63) is 24.3 Å². The fourth-order valence-corrected chi connectivity index (χ4v) is 1.15. The fraction of sp³-hybridized carbons (Fsp3) is 0.400. The largest absolute Gasteiger partial charge is 1.00 e. The molecule has 0 saturated carbocycles. The first-order valence-electron chi connectivity index (χ1n) is 5.92. The van der Waals surface area contributed by atoms with Gasteiger partial charge in [-0.1, -0.05) is 24.1 Å². The normalized spacial score (nSPS) is 12.3. The number of carboxylic acid groups (broad SMARTS) is 1. The molecule has 0 aliphatic rings. The Morgan fingerprint density at radius 3 is 2.67 bits per heavy atom. The van der Waals surface area contributed by atoms with Crippen LogP contribution in [-0.4, -0.2) is 23.1 Å². The number of terminal acetylenes is 1. The maximum absolute atomic E-state index is 13.1. The molecule has 0 heterocycles. The van der Waals surface area contributed by atoms with E-state index < -0.39 is 30.8 Å². The Kier molecular flexibility index (Phi) is 13.3. The number of aliphatic hydroxyl groups is 1. The fourth-order valence-electron chi connectivity index (χ4n) is 1.15. The molecule has 0 aliphatic heterocycles. The molecule has 0 radical (unpaired) electrons. The molecule has 3 nitrogen and oxygen atoms in total. The van der Waals surface area contributed by atoms with E-state index >= 15 is 0 Å². The quantitative estimate of drug-likeness (QED) is 0.338. The Morgan fingerprint density at radius 1 is 1.43 bits per heavy atom. The second kappa shape index (κ2) is 12.6. The van der Waals surface area contributed by atoms with Crippen LogP contribution in [0, 0.1) is 24.2 Å². The first-order valence-corrected chi connectivity index (χ1v) is 5.92. The minimum Gasteiger partial charge on any atom is -0.550 e. The van der Waals surface area contributed by atoms with Gasteiger partial charge in [-0.3, -0.25) is 0 Å². The first-order chi connectivity index (χ1) is 9.37. The van der Waals surface area contributed by atoms with E-state index in [2.05, 4.69) is 11.8 Å². The van der Waals surface area contributed by atoms with E-state index in [1.807, 2.05) is 0 Å². The molecule has 6 heteroatoms. The number of halogens is 2. The number of carbonyl (C=O) groups excluding carboxylic acids is 1. The van der Waals surface area contributed by atoms with Gasteiger partial charge in [0.2, 0.25) is 0 Å². The molecule has 0 rings (SSSR count). The summed E-state index contributed by atoms with van der Waals surface area (Å²) in [6.07, 6.45) is 8.60. The van der Waals surface area contributed by atoms with Crippen LogP contribution in [0.25, 0.3) is 0 Å². The van der Waals surface area contributed by atoms with E-state index in [9.17, 15) is 23.8 Å². The zero-order chi connectivity index (χ0) is 15.4. The van der Waals surface area contributed by atoms with Crippen LogP contribution < -0.4 is 34.7 Å². The summed E-state index contributed by atoms with van der Waals surface area (Å²) in [6.45, 7) is 0. The van der Waals surface area contributed by atoms with Gasteiger partial charge in [-0.15, -0.1) is 12.3 Å². The number of hydrogen-bond acceptors (Lipinski definition) is 3. The maximum atomic E-state index is 13.1. The summed E-state index contributed by atoms with van der Waals surface area (Å²) in [7, 11) is 0. The Labute approximate surface area is 145 Å². The van der Waals surface area contributed by atoms with Gasteiger partial charge >= 0.3 is 35.5 Å². The summed E-state index contributed by atoms with van der Waals surface area (Å²) in [5.74, 6) is 1.57. The van der Waals surface area contributed by atoms with Crippen LogP contribution in [-0.2, 0) is 4.79 Å². The Morgan fingerprint density at radius 2 is 2.10 bits per heavy atom. The van der Waals surface area contributed by atoms with Crippen molar-refractivity contribution in [2.24, 2.45) is 0 Å². The van der Waals surface area contributed by atoms with Crippen molar-refractivity contribution in [3.63, 3.8) is 0 Å². The Bertz CT molecular complexity index is 468. The van der Waals surface area contributed by atoms with E-state index in [1.54, 1.807) is 5.92 Å². The molecule has 108 valence electrons. The molecule has 0 aromatic rings. The summed E-state index contributed by atoms with van der Waals surface area (Å²) < 4.78 is 26.2. The molecule has 0 aromatic carbocycles. The van der Waals surface area contributed by atoms with Gasteiger partial charge in [-0.2, -0.15) is 8.78 Å². The predicted molar refractivity (Wildman–Crippen MR) is 69.3 cm³/mol. The second-order valence-corrected chi connectivity index (χ2v) is 3.92. The number of carboxylic acids is 1. The SMILES string of the molecule is C#CC[C@H](O)/C=C/C=C/C#CC(F)(F)CCCC(=O)[O-].[Na+]. The Balaban J connectivity index is 0. The van der Waals surface area contributed by atoms with Crippen molar-refractivity contribution >= 4 is 5.97 Å². The van der Waals surface area contributed by atoms with Crippen molar-refractivity contribution in [1.82, 2.24) is 0 Å². The molecule has 0 aromatic heterocycles. The predicted octanol–water partition coefficient (Wildman–Crippen LogP) is -1.95. The second-order valence-electron chi connectivity index (χ2n) is 3.92. The molecule has 1 N–H and O–H groups in total. The van der Waals surface area contributed by atoms with Gasteiger partial charge in [0, 0.05) is 18.8 Å². The van der Waals surface area contributed by atoms with Gasteiger partial charge in [0.15, 0.2) is 0 Å². The number of rotatable bonds is 7. The van der Waals surface area contributed by atoms with Crippen LogP contribution >= 0.6 is 0 Å². The van der Waals surface area contributed by atoms with Crippen LogP contribution in [0.1, 0.15) is 25.7 Å². The molecule has 21 heavy (non-hydrogen) atoms. The summed E-state index contributed by atoms with van der Waals surface area (Å²) in [5, 5.41) is 19.3. The molecule has 0 saturated heterocycles. The molecule has 0 unspecified atom stereocenters. The van der Waals surface area contributed by atoms with Crippen molar-refractivity contribution in [3.8, 4) is 24.2 Å². The third-order valence-electron chi connectivity index (χ3n) is 2.08. The molecule has 0 aliphatic carbocycles. The number of carbonyl (C=O) groups is 1. The van der Waals surface area contributed by atoms with Gasteiger partial charge in [0.25, 0.3) is 0 Å². The van der Waals surface area contributed by atoms with E-state index in [-0.39, 0.29) is 42.4 Å². The van der Waals surface area contributed by atoms with Crippen LogP contribution in [0.2, 0.25) is 0 Å². The minimum absolute atomic E-state index is 0. The summed E-state index contributed by atoms with van der Waals surface area (Å²) in [6, 6.07) is 0. The number of aliphatic carboxylic acids is 1. The van der Waals surface area contributed by atoms with Gasteiger partial charge in [0.05, 0.1) is 6.10 Å². The maximum Gasteiger partial charge on any atom is 1.00 e. The zero-order valence-corrected chi connectivity index (χ0v) is 13.8. The van der Waals surface area contributed by atoms with E-state index in [1.165, 1.54) is 24.3 Å². The van der Waals surface area contributed by atoms with Crippen LogP contribution in [0.15, 0.2) is 24.3 Å². The molecule has 1 atom stereocenters. The smallest absolute Gasteiger partial charge is 0.550 e. The molecular weight excluding hydrogens is 289 g/mol. The number of alkyl halides is 2. The summed E-state index contributed by atoms with van der Waals surface area (Å²) >= 11 is 0. The topological polar surface area (TPSA) is 60.4 Å². The minimum atomic E-state index is -3.23. The van der Waals surface area contributed by atoms with Crippen molar-refractivity contribution in [2.45, 2.75) is 37.7 Å². The molecule has 0 amide bonds. The van der Waals surface area contributed by atoms with Gasteiger partial charge in [0.1, 0.15) is 0 Å². The summed E-state index contributed by atoms with van der Waals surface area (Å²) in [5.41, 5.74) is 0. The first kappa shape index (κ1) is 22.2. The van der Waals surface area contributed by atoms with Crippen molar-refractivity contribution in [1.29, 1.82) is 0 Å². The average molecular weight is 304 g/mol. The zero-order valence-electron chi connectivity index (χ0n) is 11.8. The van der Waals surface area contributed by atoms with E-state index in [0.717, 1.165) is 0 Å². The molecule has 0 spiro atoms. The number of hydrogen-bond donors (Lipinski definition) is 1. The van der Waals surface area contributed by atoms with Crippen LogP contribution in [0.3, 0.4) is 0 Å². The Hall–Kier alpha value is -1.11. The third kappa shape index (κ3) is 15.1. The van der Waals surface area contributed by atoms with E-state index in [0.29, 0.717) is 0 Å². The van der Waals surface area contributed by atoms with Crippen molar-refractivity contribution < 1.29 is 53.3 Å². The van der Waals surface area contributed by atoms with Gasteiger partial charge < -0.3 is 15.0 Å². The molecular formula is C15H15F2NaO3. The van der Waals surface area contributed by atoms with Gasteiger partial charge in [-0.05, 0) is 24.8 Å². The third-order valence-corrected chi connectivity index (χ3v) is 2.08. The van der Waals surface area contributed by atoms with Crippen LogP contribution in [0.5, 0.6) is 0 Å². The monoisotopic (exact) mass is 304 g/mol. The average Bonchev–Trinajstić information content (AvgIpc) is 2.33. The molecule has 0 fully saturated rings. The van der Waals surface area contributed by atoms with Crippen LogP contribution in [0.4, 0.5) is 8.78 Å². The number of allylic oxidation sites excluding steroid dienone is 3. The van der Waals surface area contributed by atoms with Crippen molar-refractivity contribution in [2.75, 3.05) is 0 Å². The van der Waals surface area contributed by atoms with E-state index in [4.69, 9.17) is 6.42 Å². The van der Waals surface area contributed by atoms with Gasteiger partial charge in [-0.25, -0.2) is 0 Å². The standard InChI is InChI=1S/C15H16F2O3.Na/c1-2-8-13(18)9-5-3-4-6-11-15(16,17)12-7-10-14(19)20;/h1,3-5,9,13,18H,7-8,10,12H2,(H,19,20);/q;+1/p-1/b4-3+,9-5+;/t13-;/m0./s1.